The molecule has 1 atom stereocenters. The standard InChI is InChI=1S/C23H28N4O6/c1-23(16-7-9-17(31-3)10-8-16)21(29)27(22(30)24-23)25-20(28)14-26(2)13-15-6-11-18(32-4)19(12-15)33-5/h6-12H,13-14H2,1-5H3,(H,24,30)(H,25,28). The van der Waals surface area contributed by atoms with Gasteiger partial charge in [-0.1, -0.05) is 18.2 Å². The highest BCUT2D eigenvalue weighted by molar-refractivity contribution is 6.08. The fraction of sp³-hybridized carbons (Fsp3) is 0.348. The van der Waals surface area contributed by atoms with Gasteiger partial charge in [0.2, 0.25) is 0 Å². The van der Waals surface area contributed by atoms with Crippen LogP contribution in [0.15, 0.2) is 42.5 Å². The number of benzene rings is 2. The molecule has 2 N–H and O–H groups in total. The van der Waals surface area contributed by atoms with Crippen LogP contribution in [0.3, 0.4) is 0 Å². The smallest absolute Gasteiger partial charge is 0.344 e. The summed E-state index contributed by atoms with van der Waals surface area (Å²) in [5.74, 6) is 0.751. The Balaban J connectivity index is 1.62. The number of ether oxygens (including phenoxy) is 3. The molecule has 2 aromatic carbocycles. The van der Waals surface area contributed by atoms with Crippen LogP contribution >= 0.6 is 0 Å². The Bertz CT molecular complexity index is 1040. The average molecular weight is 456 g/mol. The number of hydrogen-bond acceptors (Lipinski definition) is 7. The number of nitrogens with one attached hydrogen (secondary N) is 2. The molecule has 0 bridgehead atoms. The first-order chi connectivity index (χ1) is 15.7. The van der Waals surface area contributed by atoms with Crippen LogP contribution in [0.4, 0.5) is 4.79 Å². The van der Waals surface area contributed by atoms with Crippen molar-refractivity contribution in [1.82, 2.24) is 20.7 Å². The van der Waals surface area contributed by atoms with Crippen molar-refractivity contribution in [2.45, 2.75) is 19.0 Å². The van der Waals surface area contributed by atoms with Crippen molar-refractivity contribution in [1.29, 1.82) is 0 Å². The summed E-state index contributed by atoms with van der Waals surface area (Å²) in [5, 5.41) is 3.37. The van der Waals surface area contributed by atoms with Gasteiger partial charge in [0.25, 0.3) is 11.8 Å². The molecule has 4 amide bonds. The zero-order valence-corrected chi connectivity index (χ0v) is 19.3. The van der Waals surface area contributed by atoms with Crippen molar-refractivity contribution in [2.75, 3.05) is 34.9 Å². The van der Waals surface area contributed by atoms with Gasteiger partial charge in [0.15, 0.2) is 11.5 Å². The van der Waals surface area contributed by atoms with Crippen LogP contribution in [-0.4, -0.2) is 62.7 Å². The van der Waals surface area contributed by atoms with E-state index in [-0.39, 0.29) is 6.54 Å². The van der Waals surface area contributed by atoms with E-state index in [1.807, 2.05) is 12.1 Å². The van der Waals surface area contributed by atoms with Crippen molar-refractivity contribution in [3.05, 3.63) is 53.6 Å². The zero-order chi connectivity index (χ0) is 24.2. The number of hydrogen-bond donors (Lipinski definition) is 2. The third-order valence-electron chi connectivity index (χ3n) is 5.41. The molecule has 1 heterocycles. The van der Waals surface area contributed by atoms with Crippen LogP contribution in [0.25, 0.3) is 0 Å². The summed E-state index contributed by atoms with van der Waals surface area (Å²) < 4.78 is 15.7. The first kappa shape index (κ1) is 23.9. The van der Waals surface area contributed by atoms with Gasteiger partial charge in [0.1, 0.15) is 11.3 Å². The molecule has 0 aliphatic carbocycles. The van der Waals surface area contributed by atoms with E-state index >= 15 is 0 Å². The molecular formula is C23H28N4O6. The fourth-order valence-corrected chi connectivity index (χ4v) is 3.61. The van der Waals surface area contributed by atoms with Crippen LogP contribution in [0, 0.1) is 0 Å². The minimum Gasteiger partial charge on any atom is -0.497 e. The second kappa shape index (κ2) is 9.78. The van der Waals surface area contributed by atoms with Crippen molar-refractivity contribution in [3.63, 3.8) is 0 Å². The van der Waals surface area contributed by atoms with E-state index in [1.54, 1.807) is 70.5 Å². The molecule has 2 aromatic rings. The number of urea groups is 1. The molecule has 0 aromatic heterocycles. The highest BCUT2D eigenvalue weighted by Gasteiger charge is 2.50. The molecule has 1 saturated heterocycles. The summed E-state index contributed by atoms with van der Waals surface area (Å²) >= 11 is 0. The van der Waals surface area contributed by atoms with Crippen LogP contribution in [0.5, 0.6) is 17.2 Å². The van der Waals surface area contributed by atoms with Gasteiger partial charge in [-0.2, -0.15) is 5.01 Å². The molecule has 10 heteroatoms. The molecule has 3 rings (SSSR count). The third-order valence-corrected chi connectivity index (χ3v) is 5.41. The number of imide groups is 1. The van der Waals surface area contributed by atoms with Crippen LogP contribution in [0.1, 0.15) is 18.1 Å². The van der Waals surface area contributed by atoms with E-state index in [4.69, 9.17) is 14.2 Å². The number of rotatable bonds is 9. The highest BCUT2D eigenvalue weighted by atomic mass is 16.5. The molecule has 1 fully saturated rings. The lowest BCUT2D eigenvalue weighted by Gasteiger charge is -2.23. The lowest BCUT2D eigenvalue weighted by Crippen LogP contribution is -2.50. The summed E-state index contributed by atoms with van der Waals surface area (Å²) in [4.78, 5) is 39.8. The number of amides is 4. The normalized spacial score (nSPS) is 17.7. The molecule has 0 saturated carbocycles. The second-order valence-corrected chi connectivity index (χ2v) is 7.82. The van der Waals surface area contributed by atoms with E-state index in [9.17, 15) is 14.4 Å². The summed E-state index contributed by atoms with van der Waals surface area (Å²) in [6, 6.07) is 11.6. The molecule has 1 aliphatic rings. The summed E-state index contributed by atoms with van der Waals surface area (Å²) in [5.41, 5.74) is 2.58. The van der Waals surface area contributed by atoms with Gasteiger partial charge in [-0.25, -0.2) is 4.79 Å². The second-order valence-electron chi connectivity index (χ2n) is 7.82. The number of hydrazine groups is 1. The minimum absolute atomic E-state index is 0.0370. The van der Waals surface area contributed by atoms with E-state index in [2.05, 4.69) is 10.7 Å². The zero-order valence-electron chi connectivity index (χ0n) is 19.3. The molecule has 1 aliphatic heterocycles. The Morgan fingerprint density at radius 2 is 1.70 bits per heavy atom. The van der Waals surface area contributed by atoms with Crippen LogP contribution < -0.4 is 25.0 Å². The lowest BCUT2D eigenvalue weighted by atomic mass is 9.92. The minimum atomic E-state index is -1.30. The molecule has 1 unspecified atom stereocenters. The average Bonchev–Trinajstić information content (AvgIpc) is 3.02. The SMILES string of the molecule is COc1ccc(C2(C)NC(=O)N(NC(=O)CN(C)Cc3ccc(OC)c(OC)c3)C2=O)cc1. The van der Waals surface area contributed by atoms with Gasteiger partial charge < -0.3 is 19.5 Å². The van der Waals surface area contributed by atoms with Crippen molar-refractivity contribution in [2.24, 2.45) is 0 Å². The van der Waals surface area contributed by atoms with Gasteiger partial charge in [0.05, 0.1) is 27.9 Å². The maximum atomic E-state index is 13.0. The highest BCUT2D eigenvalue weighted by Crippen LogP contribution is 2.30. The van der Waals surface area contributed by atoms with Crippen LogP contribution in [0.2, 0.25) is 0 Å². The molecule has 10 nitrogen and oxygen atoms in total. The van der Waals surface area contributed by atoms with Gasteiger partial charge >= 0.3 is 6.03 Å². The Morgan fingerprint density at radius 1 is 1.03 bits per heavy atom. The monoisotopic (exact) mass is 456 g/mol. The summed E-state index contributed by atoms with van der Waals surface area (Å²) in [6.07, 6.45) is 0. The van der Waals surface area contributed by atoms with Crippen molar-refractivity contribution in [3.8, 4) is 17.2 Å². The Labute approximate surface area is 192 Å². The Hall–Kier alpha value is -3.79. The molecule has 176 valence electrons. The van der Waals surface area contributed by atoms with E-state index in [0.717, 1.165) is 10.6 Å². The largest absolute Gasteiger partial charge is 0.497 e. The van der Waals surface area contributed by atoms with Gasteiger partial charge in [-0.15, -0.1) is 0 Å². The number of likely N-dealkylation sites (N-methyl/N-ethyl adjacent to an activating group) is 1. The van der Waals surface area contributed by atoms with Crippen molar-refractivity contribution < 1.29 is 28.6 Å². The molecule has 0 spiro atoms. The Kier molecular flexibility index (Phi) is 7.07. The Morgan fingerprint density at radius 3 is 2.30 bits per heavy atom. The van der Waals surface area contributed by atoms with E-state index in [0.29, 0.717) is 29.4 Å². The van der Waals surface area contributed by atoms with E-state index in [1.165, 1.54) is 0 Å². The van der Waals surface area contributed by atoms with Gasteiger partial charge in [0, 0.05) is 6.54 Å². The lowest BCUT2D eigenvalue weighted by molar-refractivity contribution is -0.139. The maximum absolute atomic E-state index is 13.0. The first-order valence-electron chi connectivity index (χ1n) is 10.2. The topological polar surface area (TPSA) is 109 Å². The first-order valence-corrected chi connectivity index (χ1v) is 10.2. The maximum Gasteiger partial charge on any atom is 0.344 e. The fourth-order valence-electron chi connectivity index (χ4n) is 3.61. The predicted molar refractivity (Wildman–Crippen MR) is 120 cm³/mol. The summed E-state index contributed by atoms with van der Waals surface area (Å²) in [7, 11) is 6.41. The number of carbonyl (C=O) groups excluding carboxylic acids is 3. The van der Waals surface area contributed by atoms with Crippen molar-refractivity contribution >= 4 is 17.8 Å². The molecule has 33 heavy (non-hydrogen) atoms. The third kappa shape index (κ3) is 5.01. The summed E-state index contributed by atoms with van der Waals surface area (Å²) in [6.45, 7) is 1.99. The quantitative estimate of drug-likeness (QED) is 0.552. The number of methoxy groups -OCH3 is 3. The number of carbonyl (C=O) groups is 3. The van der Waals surface area contributed by atoms with Gasteiger partial charge in [-0.3, -0.25) is 19.9 Å². The number of nitrogens with zero attached hydrogens (tertiary/aromatic N) is 2. The van der Waals surface area contributed by atoms with Crippen LogP contribution in [-0.2, 0) is 21.7 Å². The predicted octanol–water partition coefficient (Wildman–Crippen LogP) is 1.64. The molecular weight excluding hydrogens is 428 g/mol. The molecule has 0 radical (unpaired) electrons. The van der Waals surface area contributed by atoms with Gasteiger partial charge in [-0.05, 0) is 49.4 Å². The van der Waals surface area contributed by atoms with E-state index < -0.39 is 23.4 Å².